The number of hydrogen-bond donors (Lipinski definition) is 1. The van der Waals surface area contributed by atoms with Crippen molar-refractivity contribution >= 4 is 11.7 Å². The number of aromatic nitrogens is 2. The van der Waals surface area contributed by atoms with Gasteiger partial charge in [0.2, 0.25) is 0 Å². The van der Waals surface area contributed by atoms with Gasteiger partial charge < -0.3 is 10.2 Å². The molecule has 116 valence electrons. The Labute approximate surface area is 127 Å². The molecule has 0 saturated carbocycles. The van der Waals surface area contributed by atoms with Gasteiger partial charge in [-0.25, -0.2) is 9.97 Å². The minimum atomic E-state index is -0.128. The minimum absolute atomic E-state index is 0.128. The third-order valence-electron chi connectivity index (χ3n) is 3.92. The molecule has 1 aromatic rings. The molecule has 1 aliphatic heterocycles. The lowest BCUT2D eigenvalue weighted by Gasteiger charge is -2.31. The highest BCUT2D eigenvalue weighted by molar-refractivity contribution is 5.91. The summed E-state index contributed by atoms with van der Waals surface area (Å²) in [5.41, 5.74) is 0.403. The number of hydrogen-bond acceptors (Lipinski definition) is 4. The number of rotatable bonds is 6. The molecule has 1 aliphatic rings. The van der Waals surface area contributed by atoms with Crippen molar-refractivity contribution in [3.05, 3.63) is 18.1 Å². The van der Waals surface area contributed by atoms with Gasteiger partial charge in [-0.15, -0.1) is 0 Å². The third kappa shape index (κ3) is 4.69. The average molecular weight is 290 g/mol. The normalized spacial score (nSPS) is 18.6. The van der Waals surface area contributed by atoms with Gasteiger partial charge in [-0.2, -0.15) is 0 Å². The van der Waals surface area contributed by atoms with Gasteiger partial charge in [0.25, 0.3) is 5.91 Å². The molecule has 0 aliphatic carbocycles. The van der Waals surface area contributed by atoms with Crippen molar-refractivity contribution in [2.24, 2.45) is 5.92 Å². The van der Waals surface area contributed by atoms with Crippen LogP contribution in [-0.4, -0.2) is 35.5 Å². The summed E-state index contributed by atoms with van der Waals surface area (Å²) in [6.45, 7) is 7.17. The maximum Gasteiger partial charge on any atom is 0.271 e. The number of nitrogens with one attached hydrogen (secondary N) is 1. The molecule has 1 aromatic heterocycles. The van der Waals surface area contributed by atoms with Crippen molar-refractivity contribution in [1.82, 2.24) is 15.3 Å². The maximum absolute atomic E-state index is 11.9. The monoisotopic (exact) mass is 290 g/mol. The number of nitrogens with zero attached hydrogens (tertiary/aromatic N) is 3. The van der Waals surface area contributed by atoms with Crippen molar-refractivity contribution in [2.75, 3.05) is 24.5 Å². The van der Waals surface area contributed by atoms with E-state index < -0.39 is 0 Å². The molecule has 2 heterocycles. The fourth-order valence-corrected chi connectivity index (χ4v) is 2.67. The first-order valence-electron chi connectivity index (χ1n) is 8.06. The second-order valence-electron chi connectivity index (χ2n) is 5.92. The summed E-state index contributed by atoms with van der Waals surface area (Å²) >= 11 is 0. The quantitative estimate of drug-likeness (QED) is 0.818. The van der Waals surface area contributed by atoms with Crippen LogP contribution in [0.4, 0.5) is 5.82 Å². The number of carbonyl (C=O) groups excluding carboxylic acids is 1. The van der Waals surface area contributed by atoms with Crippen LogP contribution in [0.15, 0.2) is 12.4 Å². The fraction of sp³-hybridized carbons (Fsp3) is 0.688. The summed E-state index contributed by atoms with van der Waals surface area (Å²) in [6, 6.07) is 0. The zero-order chi connectivity index (χ0) is 15.1. The van der Waals surface area contributed by atoms with Gasteiger partial charge in [-0.1, -0.05) is 26.7 Å². The first kappa shape index (κ1) is 15.7. The highest BCUT2D eigenvalue weighted by Crippen LogP contribution is 2.20. The van der Waals surface area contributed by atoms with E-state index in [1.54, 1.807) is 12.4 Å². The number of amides is 1. The van der Waals surface area contributed by atoms with Crippen LogP contribution >= 0.6 is 0 Å². The van der Waals surface area contributed by atoms with E-state index in [-0.39, 0.29) is 5.91 Å². The largest absolute Gasteiger partial charge is 0.355 e. The molecule has 21 heavy (non-hydrogen) atoms. The smallest absolute Gasteiger partial charge is 0.271 e. The summed E-state index contributed by atoms with van der Waals surface area (Å²) in [6.07, 6.45) is 9.09. The molecule has 1 atom stereocenters. The molecule has 0 bridgehead atoms. The molecular weight excluding hydrogens is 264 g/mol. The van der Waals surface area contributed by atoms with Crippen LogP contribution in [0.2, 0.25) is 0 Å². The van der Waals surface area contributed by atoms with Gasteiger partial charge in [0, 0.05) is 19.6 Å². The lowest BCUT2D eigenvalue weighted by molar-refractivity contribution is 0.0947. The van der Waals surface area contributed by atoms with Crippen molar-refractivity contribution in [3.63, 3.8) is 0 Å². The van der Waals surface area contributed by atoms with E-state index in [1.807, 2.05) is 0 Å². The Morgan fingerprint density at radius 2 is 2.24 bits per heavy atom. The molecule has 1 fully saturated rings. The molecule has 1 N–H and O–H groups in total. The lowest BCUT2D eigenvalue weighted by atomic mass is 10.0. The van der Waals surface area contributed by atoms with E-state index in [1.165, 1.54) is 12.8 Å². The standard InChI is InChI=1S/C16H26N4O/c1-3-4-5-8-17-16(21)14-10-19-15(11-18-14)20-9-6-7-13(2)12-20/h10-11,13H,3-9,12H2,1-2H3,(H,17,21). The van der Waals surface area contributed by atoms with Gasteiger partial charge in [0.15, 0.2) is 0 Å². The molecule has 0 aromatic carbocycles. The molecule has 1 saturated heterocycles. The van der Waals surface area contributed by atoms with Crippen LogP contribution in [0.3, 0.4) is 0 Å². The summed E-state index contributed by atoms with van der Waals surface area (Å²) in [5.74, 6) is 1.45. The Hall–Kier alpha value is -1.65. The Bertz CT molecular complexity index is 446. The second-order valence-corrected chi connectivity index (χ2v) is 5.92. The molecule has 5 heteroatoms. The van der Waals surface area contributed by atoms with Crippen molar-refractivity contribution in [3.8, 4) is 0 Å². The van der Waals surface area contributed by atoms with Gasteiger partial charge in [-0.3, -0.25) is 4.79 Å². The van der Waals surface area contributed by atoms with E-state index >= 15 is 0 Å². The lowest BCUT2D eigenvalue weighted by Crippen LogP contribution is -2.35. The Morgan fingerprint density at radius 3 is 2.90 bits per heavy atom. The van der Waals surface area contributed by atoms with Crippen LogP contribution in [0, 0.1) is 5.92 Å². The molecule has 0 spiro atoms. The third-order valence-corrected chi connectivity index (χ3v) is 3.92. The highest BCUT2D eigenvalue weighted by Gasteiger charge is 2.18. The van der Waals surface area contributed by atoms with Crippen LogP contribution < -0.4 is 10.2 Å². The van der Waals surface area contributed by atoms with E-state index in [4.69, 9.17) is 0 Å². The Balaban J connectivity index is 1.87. The predicted molar refractivity (Wildman–Crippen MR) is 84.5 cm³/mol. The SMILES string of the molecule is CCCCCNC(=O)c1cnc(N2CCCC(C)C2)cn1. The first-order valence-corrected chi connectivity index (χ1v) is 8.06. The first-order chi connectivity index (χ1) is 10.2. The molecular formula is C16H26N4O. The number of unbranched alkanes of at least 4 members (excludes halogenated alkanes) is 2. The van der Waals surface area contributed by atoms with Crippen LogP contribution in [0.1, 0.15) is 56.4 Å². The van der Waals surface area contributed by atoms with Crippen LogP contribution in [0.5, 0.6) is 0 Å². The summed E-state index contributed by atoms with van der Waals surface area (Å²) in [7, 11) is 0. The molecule has 5 nitrogen and oxygen atoms in total. The average Bonchev–Trinajstić information content (AvgIpc) is 2.51. The van der Waals surface area contributed by atoms with Gasteiger partial charge in [0.1, 0.15) is 11.5 Å². The highest BCUT2D eigenvalue weighted by atomic mass is 16.1. The summed E-state index contributed by atoms with van der Waals surface area (Å²) in [4.78, 5) is 22.8. The Morgan fingerprint density at radius 1 is 1.38 bits per heavy atom. The van der Waals surface area contributed by atoms with Gasteiger partial charge in [-0.05, 0) is 25.2 Å². The topological polar surface area (TPSA) is 58.1 Å². The summed E-state index contributed by atoms with van der Waals surface area (Å²) in [5, 5.41) is 2.88. The summed E-state index contributed by atoms with van der Waals surface area (Å²) < 4.78 is 0. The fourth-order valence-electron chi connectivity index (χ4n) is 2.67. The van der Waals surface area contributed by atoms with E-state index in [0.29, 0.717) is 18.2 Å². The maximum atomic E-state index is 11.9. The van der Waals surface area contributed by atoms with Crippen LogP contribution in [0.25, 0.3) is 0 Å². The Kier molecular flexibility index (Phi) is 5.96. The number of piperidine rings is 1. The van der Waals surface area contributed by atoms with Crippen molar-refractivity contribution in [2.45, 2.75) is 46.0 Å². The minimum Gasteiger partial charge on any atom is -0.355 e. The van der Waals surface area contributed by atoms with Crippen LogP contribution in [-0.2, 0) is 0 Å². The number of anilines is 1. The molecule has 1 amide bonds. The van der Waals surface area contributed by atoms with Gasteiger partial charge >= 0.3 is 0 Å². The van der Waals surface area contributed by atoms with E-state index in [2.05, 4.69) is 34.0 Å². The molecule has 0 radical (unpaired) electrons. The molecule has 1 unspecified atom stereocenters. The van der Waals surface area contributed by atoms with Crippen molar-refractivity contribution < 1.29 is 4.79 Å². The van der Waals surface area contributed by atoms with Crippen molar-refractivity contribution in [1.29, 1.82) is 0 Å². The zero-order valence-electron chi connectivity index (χ0n) is 13.1. The van der Waals surface area contributed by atoms with E-state index in [0.717, 1.165) is 38.2 Å². The predicted octanol–water partition coefficient (Wildman–Crippen LogP) is 2.63. The second kappa shape index (κ2) is 7.96. The van der Waals surface area contributed by atoms with Gasteiger partial charge in [0.05, 0.1) is 12.4 Å². The number of carbonyl (C=O) groups is 1. The zero-order valence-corrected chi connectivity index (χ0v) is 13.1. The molecule has 2 rings (SSSR count). The van der Waals surface area contributed by atoms with E-state index in [9.17, 15) is 4.79 Å².